The summed E-state index contributed by atoms with van der Waals surface area (Å²) >= 11 is 1.35. The molecule has 1 aliphatic carbocycles. The van der Waals surface area contributed by atoms with E-state index in [-0.39, 0.29) is 5.56 Å². The summed E-state index contributed by atoms with van der Waals surface area (Å²) in [5.74, 6) is 1.19. The molecule has 4 rings (SSSR count). The summed E-state index contributed by atoms with van der Waals surface area (Å²) in [4.78, 5) is 26.7. The van der Waals surface area contributed by atoms with Crippen LogP contribution < -0.4 is 11.3 Å². The Morgan fingerprint density at radius 1 is 1.19 bits per heavy atom. The molecule has 106 valence electrons. The first-order valence-corrected chi connectivity index (χ1v) is 7.53. The van der Waals surface area contributed by atoms with E-state index in [1.165, 1.54) is 17.8 Å². The van der Waals surface area contributed by atoms with Gasteiger partial charge in [0.2, 0.25) is 0 Å². The summed E-state index contributed by atoms with van der Waals surface area (Å²) < 4.78 is 0. The summed E-state index contributed by atoms with van der Waals surface area (Å²) in [5, 5.41) is 1.36. The molecule has 3 aromatic rings. The van der Waals surface area contributed by atoms with Gasteiger partial charge in [-0.15, -0.1) is 0 Å². The van der Waals surface area contributed by atoms with Gasteiger partial charge in [0.25, 0.3) is 5.56 Å². The van der Waals surface area contributed by atoms with Crippen molar-refractivity contribution < 1.29 is 0 Å². The van der Waals surface area contributed by atoms with Crippen molar-refractivity contribution in [3.05, 3.63) is 40.4 Å². The van der Waals surface area contributed by atoms with E-state index < -0.39 is 0 Å². The number of nitrogens with two attached hydrogens (primary N) is 1. The van der Waals surface area contributed by atoms with Crippen LogP contribution in [-0.4, -0.2) is 19.9 Å². The Hall–Kier alpha value is -2.28. The molecule has 4 N–H and O–H groups in total. The van der Waals surface area contributed by atoms with Gasteiger partial charge in [-0.25, -0.2) is 9.97 Å². The Morgan fingerprint density at radius 3 is 2.86 bits per heavy atom. The molecule has 0 amide bonds. The van der Waals surface area contributed by atoms with E-state index in [4.69, 9.17) is 5.73 Å². The molecule has 0 aliphatic heterocycles. The Morgan fingerprint density at radius 2 is 2.05 bits per heavy atom. The number of aromatic amines is 2. The van der Waals surface area contributed by atoms with Crippen LogP contribution in [0.4, 0.5) is 5.69 Å². The fourth-order valence-electron chi connectivity index (χ4n) is 2.21. The Kier molecular flexibility index (Phi) is 2.75. The highest BCUT2D eigenvalue weighted by Crippen LogP contribution is 2.38. The fourth-order valence-corrected chi connectivity index (χ4v) is 3.02. The van der Waals surface area contributed by atoms with Crippen molar-refractivity contribution in [2.75, 3.05) is 5.73 Å². The van der Waals surface area contributed by atoms with Crippen molar-refractivity contribution >= 4 is 28.5 Å². The number of anilines is 1. The third-order valence-electron chi connectivity index (χ3n) is 3.39. The summed E-state index contributed by atoms with van der Waals surface area (Å²) in [6.45, 7) is 0. The molecule has 2 heterocycles. The van der Waals surface area contributed by atoms with Crippen LogP contribution in [0.15, 0.2) is 39.2 Å². The molecule has 1 aliphatic rings. The first-order chi connectivity index (χ1) is 10.2. The van der Waals surface area contributed by atoms with Crippen LogP contribution in [0.5, 0.6) is 0 Å². The lowest BCUT2D eigenvalue weighted by atomic mass is 10.3. The maximum absolute atomic E-state index is 11.7. The summed E-state index contributed by atoms with van der Waals surface area (Å²) in [6, 6.07) is 7.02. The van der Waals surface area contributed by atoms with E-state index in [0.29, 0.717) is 21.8 Å². The van der Waals surface area contributed by atoms with E-state index in [9.17, 15) is 4.79 Å². The van der Waals surface area contributed by atoms with E-state index >= 15 is 0 Å². The number of benzene rings is 1. The molecule has 0 unspecified atom stereocenters. The van der Waals surface area contributed by atoms with Gasteiger partial charge in [0, 0.05) is 17.7 Å². The average molecular weight is 299 g/mol. The number of fused-ring (bicyclic) bond motifs is 1. The summed E-state index contributed by atoms with van der Waals surface area (Å²) in [7, 11) is 0. The molecular formula is C14H13N5OS. The molecule has 21 heavy (non-hydrogen) atoms. The average Bonchev–Trinajstić information content (AvgIpc) is 3.20. The van der Waals surface area contributed by atoms with Crippen LogP contribution in [0.25, 0.3) is 11.0 Å². The van der Waals surface area contributed by atoms with Gasteiger partial charge in [0.15, 0.2) is 5.16 Å². The van der Waals surface area contributed by atoms with Crippen molar-refractivity contribution in [3.8, 4) is 0 Å². The molecule has 0 atom stereocenters. The van der Waals surface area contributed by atoms with Gasteiger partial charge in [-0.05, 0) is 42.8 Å². The minimum atomic E-state index is -0.116. The maximum Gasteiger partial charge on any atom is 0.252 e. The molecule has 0 spiro atoms. The van der Waals surface area contributed by atoms with Crippen molar-refractivity contribution in [3.63, 3.8) is 0 Å². The molecule has 0 radical (unpaired) electrons. The lowest BCUT2D eigenvalue weighted by molar-refractivity contribution is 0.858. The van der Waals surface area contributed by atoms with Gasteiger partial charge in [0.05, 0.1) is 11.0 Å². The van der Waals surface area contributed by atoms with Crippen LogP contribution in [0.3, 0.4) is 0 Å². The first kappa shape index (κ1) is 12.5. The molecule has 1 aromatic carbocycles. The molecule has 2 aromatic heterocycles. The standard InChI is InChI=1S/C14H13N5OS/c15-8-3-4-9-10(5-8)17-14(16-9)21-12-6-11(20)18-13(19-12)7-1-2-7/h3-7H,1-2,15H2,(H,16,17)(H,18,19,20). The zero-order valence-corrected chi connectivity index (χ0v) is 11.9. The fraction of sp³-hybridized carbons (Fsp3) is 0.214. The number of nitrogen functional groups attached to an aromatic ring is 1. The molecule has 0 saturated heterocycles. The van der Waals surface area contributed by atoms with Crippen molar-refractivity contribution in [2.45, 2.75) is 28.9 Å². The van der Waals surface area contributed by atoms with E-state index in [1.807, 2.05) is 18.2 Å². The second-order valence-electron chi connectivity index (χ2n) is 5.16. The molecule has 7 heteroatoms. The second-order valence-corrected chi connectivity index (χ2v) is 6.17. The highest BCUT2D eigenvalue weighted by Gasteiger charge is 2.26. The Balaban J connectivity index is 1.69. The number of imidazole rings is 1. The first-order valence-electron chi connectivity index (χ1n) is 6.72. The van der Waals surface area contributed by atoms with Crippen LogP contribution in [0, 0.1) is 0 Å². The summed E-state index contributed by atoms with van der Waals surface area (Å²) in [6.07, 6.45) is 2.20. The third kappa shape index (κ3) is 2.52. The maximum atomic E-state index is 11.7. The van der Waals surface area contributed by atoms with E-state index in [1.54, 1.807) is 0 Å². The molecule has 0 bridgehead atoms. The zero-order chi connectivity index (χ0) is 14.4. The van der Waals surface area contributed by atoms with Gasteiger partial charge in [-0.3, -0.25) is 4.79 Å². The third-order valence-corrected chi connectivity index (χ3v) is 4.19. The van der Waals surface area contributed by atoms with Gasteiger partial charge in [0.1, 0.15) is 10.9 Å². The van der Waals surface area contributed by atoms with Gasteiger partial charge >= 0.3 is 0 Å². The second kappa shape index (κ2) is 4.63. The van der Waals surface area contributed by atoms with Gasteiger partial charge < -0.3 is 15.7 Å². The quantitative estimate of drug-likeness (QED) is 0.509. The van der Waals surface area contributed by atoms with E-state index in [0.717, 1.165) is 29.7 Å². The number of nitrogens with one attached hydrogen (secondary N) is 2. The topological polar surface area (TPSA) is 100 Å². The van der Waals surface area contributed by atoms with Crippen molar-refractivity contribution in [1.82, 2.24) is 19.9 Å². The lowest BCUT2D eigenvalue weighted by Crippen LogP contribution is -2.10. The number of hydrogen-bond acceptors (Lipinski definition) is 5. The number of H-pyrrole nitrogens is 2. The SMILES string of the molecule is Nc1ccc2nc(Sc3cc(=O)[nH]c(C4CC4)n3)[nH]c2c1. The number of aromatic nitrogens is 4. The molecule has 6 nitrogen and oxygen atoms in total. The van der Waals surface area contributed by atoms with Gasteiger partial charge in [-0.2, -0.15) is 0 Å². The monoisotopic (exact) mass is 299 g/mol. The highest BCUT2D eigenvalue weighted by atomic mass is 32.2. The molecular weight excluding hydrogens is 286 g/mol. The predicted molar refractivity (Wildman–Crippen MR) is 81.5 cm³/mol. The van der Waals surface area contributed by atoms with E-state index in [2.05, 4.69) is 19.9 Å². The number of hydrogen-bond donors (Lipinski definition) is 3. The number of nitrogens with zero attached hydrogens (tertiary/aromatic N) is 2. The van der Waals surface area contributed by atoms with Crippen molar-refractivity contribution in [2.24, 2.45) is 0 Å². The summed E-state index contributed by atoms with van der Waals surface area (Å²) in [5.41, 5.74) is 8.05. The minimum absolute atomic E-state index is 0.116. The lowest BCUT2D eigenvalue weighted by Gasteiger charge is -2.00. The Labute approximate surface area is 124 Å². The zero-order valence-electron chi connectivity index (χ0n) is 11.1. The smallest absolute Gasteiger partial charge is 0.252 e. The number of rotatable bonds is 3. The molecule has 1 fully saturated rings. The van der Waals surface area contributed by atoms with Crippen molar-refractivity contribution in [1.29, 1.82) is 0 Å². The highest BCUT2D eigenvalue weighted by molar-refractivity contribution is 7.99. The normalized spacial score (nSPS) is 14.7. The largest absolute Gasteiger partial charge is 0.399 e. The van der Waals surface area contributed by atoms with Gasteiger partial charge in [-0.1, -0.05) is 0 Å². The van der Waals surface area contributed by atoms with Crippen LogP contribution >= 0.6 is 11.8 Å². The van der Waals surface area contributed by atoms with Crippen LogP contribution in [-0.2, 0) is 0 Å². The predicted octanol–water partition coefficient (Wildman–Crippen LogP) is 2.26. The van der Waals surface area contributed by atoms with Crippen LogP contribution in [0.2, 0.25) is 0 Å². The minimum Gasteiger partial charge on any atom is -0.399 e. The molecule has 1 saturated carbocycles. The van der Waals surface area contributed by atoms with Crippen LogP contribution in [0.1, 0.15) is 24.6 Å². The Bertz CT molecular complexity index is 880.